The molecule has 0 aliphatic rings. The van der Waals surface area contributed by atoms with Crippen molar-refractivity contribution in [2.24, 2.45) is 0 Å². The number of nitriles is 1. The highest BCUT2D eigenvalue weighted by atomic mass is 127. The summed E-state index contributed by atoms with van der Waals surface area (Å²) in [6.45, 7) is 0. The summed E-state index contributed by atoms with van der Waals surface area (Å²) < 4.78 is 39.1. The molecular weight excluding hydrogens is 528 g/mol. The van der Waals surface area contributed by atoms with Crippen LogP contribution in [0.15, 0.2) is 46.4 Å². The average molecular weight is 537 g/mol. The van der Waals surface area contributed by atoms with Gasteiger partial charge < -0.3 is 10.4 Å². The fraction of sp³-hybridized carbons (Fsp3) is 0.0588. The van der Waals surface area contributed by atoms with E-state index >= 15 is 0 Å². The average Bonchev–Trinajstić information content (AvgIpc) is 2.56. The van der Waals surface area contributed by atoms with Crippen LogP contribution in [-0.2, 0) is 11.0 Å². The molecule has 0 bridgehead atoms. The molecule has 26 heavy (non-hydrogen) atoms. The minimum Gasteiger partial charge on any atom is -0.506 e. The van der Waals surface area contributed by atoms with E-state index in [-0.39, 0.29) is 17.0 Å². The van der Waals surface area contributed by atoms with Gasteiger partial charge in [-0.1, -0.05) is 6.07 Å². The van der Waals surface area contributed by atoms with E-state index in [1.807, 2.05) is 22.6 Å². The number of alkyl halides is 3. The summed E-state index contributed by atoms with van der Waals surface area (Å²) in [5.41, 5.74) is -0.812. The number of carbonyl (C=O) groups excluding carboxylic acids is 1. The second-order valence-corrected chi connectivity index (χ2v) is 7.05. The lowest BCUT2D eigenvalue weighted by Crippen LogP contribution is -2.14. The first-order valence-corrected chi connectivity index (χ1v) is 8.77. The van der Waals surface area contributed by atoms with E-state index in [4.69, 9.17) is 0 Å². The van der Waals surface area contributed by atoms with Crippen molar-refractivity contribution >= 4 is 56.2 Å². The highest BCUT2D eigenvalue weighted by molar-refractivity contribution is 14.1. The summed E-state index contributed by atoms with van der Waals surface area (Å²) in [7, 11) is 0. The number of aromatic hydroxyl groups is 1. The molecule has 0 aromatic heterocycles. The van der Waals surface area contributed by atoms with Crippen LogP contribution >= 0.6 is 38.5 Å². The third kappa shape index (κ3) is 4.98. The third-order valence-corrected chi connectivity index (χ3v) is 4.59. The zero-order valence-electron chi connectivity index (χ0n) is 12.7. The van der Waals surface area contributed by atoms with Crippen molar-refractivity contribution in [2.75, 3.05) is 5.32 Å². The molecule has 4 nitrogen and oxygen atoms in total. The Hall–Kier alpha value is -2.06. The Bertz CT molecular complexity index is 913. The minimum absolute atomic E-state index is 0.0228. The van der Waals surface area contributed by atoms with Crippen molar-refractivity contribution in [3.8, 4) is 11.8 Å². The fourth-order valence-corrected chi connectivity index (χ4v) is 3.45. The van der Waals surface area contributed by atoms with Gasteiger partial charge in [-0.15, -0.1) is 0 Å². The largest absolute Gasteiger partial charge is 0.506 e. The number of nitrogens with one attached hydrogen (secondary N) is 1. The predicted octanol–water partition coefficient (Wildman–Crippen LogP) is 5.32. The summed E-state index contributed by atoms with van der Waals surface area (Å²) in [5, 5.41) is 21.2. The number of nitrogens with zero attached hydrogens (tertiary/aromatic N) is 1. The molecule has 134 valence electrons. The minimum atomic E-state index is -4.54. The smallest absolute Gasteiger partial charge is 0.416 e. The number of rotatable bonds is 3. The molecule has 1 amide bonds. The lowest BCUT2D eigenvalue weighted by molar-refractivity contribution is -0.137. The van der Waals surface area contributed by atoms with E-state index in [0.29, 0.717) is 13.6 Å². The van der Waals surface area contributed by atoms with Crippen molar-refractivity contribution in [3.63, 3.8) is 0 Å². The molecule has 0 radical (unpaired) electrons. The Labute approximate surface area is 168 Å². The summed E-state index contributed by atoms with van der Waals surface area (Å²) in [5.74, 6) is -0.819. The second-order valence-electron chi connectivity index (χ2n) is 5.04. The molecule has 0 unspecified atom stereocenters. The fourth-order valence-electron chi connectivity index (χ4n) is 1.96. The molecule has 0 saturated carbocycles. The number of hydrogen-bond acceptors (Lipinski definition) is 3. The van der Waals surface area contributed by atoms with Gasteiger partial charge in [0.25, 0.3) is 5.91 Å². The maximum absolute atomic E-state index is 12.7. The molecular formula is C17H9BrF3IN2O2. The number of carbonyl (C=O) groups is 1. The summed E-state index contributed by atoms with van der Waals surface area (Å²) in [6.07, 6.45) is -3.26. The highest BCUT2D eigenvalue weighted by Crippen LogP contribution is 2.32. The van der Waals surface area contributed by atoms with Gasteiger partial charge in [0.1, 0.15) is 17.4 Å². The van der Waals surface area contributed by atoms with Gasteiger partial charge in [0.05, 0.1) is 13.6 Å². The Morgan fingerprint density at radius 1 is 1.31 bits per heavy atom. The monoisotopic (exact) mass is 536 g/mol. The standard InChI is InChI=1S/C17H9BrF3IN2O2/c18-13-5-9(6-14(22)15(13)25)4-10(8-23)16(26)24-12-3-1-2-11(7-12)17(19,20)21/h1-7,25H,(H,24,26)/b10-4-. The maximum Gasteiger partial charge on any atom is 0.416 e. The van der Waals surface area contributed by atoms with Crippen LogP contribution in [0, 0.1) is 14.9 Å². The van der Waals surface area contributed by atoms with Crippen LogP contribution in [0.25, 0.3) is 6.08 Å². The molecule has 0 spiro atoms. The van der Waals surface area contributed by atoms with E-state index in [2.05, 4.69) is 21.2 Å². The van der Waals surface area contributed by atoms with Gasteiger partial charge in [-0.3, -0.25) is 4.79 Å². The van der Waals surface area contributed by atoms with E-state index in [1.165, 1.54) is 18.2 Å². The quantitative estimate of drug-likeness (QED) is 0.317. The number of benzene rings is 2. The van der Waals surface area contributed by atoms with Crippen LogP contribution in [0.3, 0.4) is 0 Å². The maximum atomic E-state index is 12.7. The SMILES string of the molecule is N#C/C(=C/c1cc(Br)c(O)c(I)c1)C(=O)Nc1cccc(C(F)(F)F)c1. The van der Waals surface area contributed by atoms with Crippen LogP contribution < -0.4 is 5.32 Å². The van der Waals surface area contributed by atoms with Crippen LogP contribution in [-0.4, -0.2) is 11.0 Å². The van der Waals surface area contributed by atoms with Crippen LogP contribution in [0.5, 0.6) is 5.75 Å². The summed E-state index contributed by atoms with van der Waals surface area (Å²) in [6, 6.07) is 8.89. The molecule has 2 aromatic carbocycles. The van der Waals surface area contributed by atoms with Crippen LogP contribution in [0.4, 0.5) is 18.9 Å². The molecule has 0 aliphatic carbocycles. The number of hydrogen-bond donors (Lipinski definition) is 2. The zero-order valence-corrected chi connectivity index (χ0v) is 16.5. The number of phenolic OH excluding ortho intramolecular Hbond substituents is 1. The molecule has 2 rings (SSSR count). The normalized spacial score (nSPS) is 11.8. The molecule has 0 atom stereocenters. The van der Waals surface area contributed by atoms with Crippen molar-refractivity contribution in [3.05, 3.63) is 61.1 Å². The van der Waals surface area contributed by atoms with Gasteiger partial charge in [-0.2, -0.15) is 18.4 Å². The molecule has 0 fully saturated rings. The van der Waals surface area contributed by atoms with Gasteiger partial charge >= 0.3 is 6.18 Å². The molecule has 0 heterocycles. The Balaban J connectivity index is 2.29. The van der Waals surface area contributed by atoms with Gasteiger partial charge in [-0.05, 0) is 80.5 Å². The van der Waals surface area contributed by atoms with Gasteiger partial charge in [0.15, 0.2) is 0 Å². The predicted molar refractivity (Wildman–Crippen MR) is 102 cm³/mol. The summed E-state index contributed by atoms with van der Waals surface area (Å²) >= 11 is 5.03. The van der Waals surface area contributed by atoms with Gasteiger partial charge in [0.2, 0.25) is 0 Å². The molecule has 0 saturated heterocycles. The van der Waals surface area contributed by atoms with E-state index in [1.54, 1.807) is 12.1 Å². The third-order valence-electron chi connectivity index (χ3n) is 3.16. The van der Waals surface area contributed by atoms with E-state index in [9.17, 15) is 28.3 Å². The molecule has 0 aliphatic heterocycles. The van der Waals surface area contributed by atoms with Crippen molar-refractivity contribution < 1.29 is 23.1 Å². The lowest BCUT2D eigenvalue weighted by atomic mass is 10.1. The first-order chi connectivity index (χ1) is 12.1. The van der Waals surface area contributed by atoms with E-state index in [0.717, 1.165) is 18.2 Å². The van der Waals surface area contributed by atoms with Crippen LogP contribution in [0.1, 0.15) is 11.1 Å². The van der Waals surface area contributed by atoms with E-state index < -0.39 is 17.6 Å². The van der Waals surface area contributed by atoms with Gasteiger partial charge in [-0.25, -0.2) is 0 Å². The van der Waals surface area contributed by atoms with Crippen molar-refractivity contribution in [2.45, 2.75) is 6.18 Å². The molecule has 9 heteroatoms. The lowest BCUT2D eigenvalue weighted by Gasteiger charge is -2.09. The topological polar surface area (TPSA) is 73.1 Å². The number of amides is 1. The number of phenols is 1. The first-order valence-electron chi connectivity index (χ1n) is 6.90. The van der Waals surface area contributed by atoms with Crippen molar-refractivity contribution in [1.82, 2.24) is 0 Å². The highest BCUT2D eigenvalue weighted by Gasteiger charge is 2.30. The van der Waals surface area contributed by atoms with Gasteiger partial charge in [0, 0.05) is 5.69 Å². The Morgan fingerprint density at radius 2 is 2.00 bits per heavy atom. The van der Waals surface area contributed by atoms with Crippen molar-refractivity contribution in [1.29, 1.82) is 5.26 Å². The number of halogens is 5. The Kier molecular flexibility index (Phi) is 6.30. The second kappa shape index (κ2) is 8.09. The number of anilines is 1. The molecule has 2 aromatic rings. The molecule has 2 N–H and O–H groups in total. The summed E-state index contributed by atoms with van der Waals surface area (Å²) in [4.78, 5) is 12.2. The zero-order chi connectivity index (χ0) is 19.5. The Morgan fingerprint density at radius 3 is 2.58 bits per heavy atom. The van der Waals surface area contributed by atoms with Crippen LogP contribution in [0.2, 0.25) is 0 Å². The first kappa shape index (κ1) is 20.3.